The van der Waals surface area contributed by atoms with Crippen molar-refractivity contribution < 1.29 is 9.21 Å². The van der Waals surface area contributed by atoms with E-state index in [9.17, 15) is 4.79 Å². The lowest BCUT2D eigenvalue weighted by Gasteiger charge is -2.28. The van der Waals surface area contributed by atoms with Crippen LogP contribution < -0.4 is 11.1 Å². The van der Waals surface area contributed by atoms with Gasteiger partial charge in [0.05, 0.1) is 0 Å². The summed E-state index contributed by atoms with van der Waals surface area (Å²) in [6.07, 6.45) is 6.65. The van der Waals surface area contributed by atoms with E-state index in [0.29, 0.717) is 22.3 Å². The minimum Gasteiger partial charge on any atom is -0.451 e. The van der Waals surface area contributed by atoms with Gasteiger partial charge in [0.1, 0.15) is 5.58 Å². The average Bonchev–Trinajstić information content (AvgIpc) is 2.90. The third kappa shape index (κ3) is 3.18. The van der Waals surface area contributed by atoms with Crippen molar-refractivity contribution in [2.75, 3.05) is 12.0 Å². The minimum absolute atomic E-state index is 0.128. The van der Waals surface area contributed by atoms with Crippen molar-refractivity contribution in [3.63, 3.8) is 0 Å². The first kappa shape index (κ1) is 14.3. The zero-order valence-corrected chi connectivity index (χ0v) is 12.9. The van der Waals surface area contributed by atoms with Crippen LogP contribution in [-0.4, -0.2) is 23.5 Å². The molecule has 0 bridgehead atoms. The first-order chi connectivity index (χ1) is 10.2. The first-order valence-corrected chi connectivity index (χ1v) is 8.57. The largest absolute Gasteiger partial charge is 0.451 e. The number of fused-ring (bicyclic) bond motifs is 1. The second-order valence-electron chi connectivity index (χ2n) is 5.60. The number of thioether (sulfide) groups is 1. The number of carbonyl (C=O) groups is 1. The number of amides is 1. The number of nitrogen functional groups attached to an aromatic ring is 1. The summed E-state index contributed by atoms with van der Waals surface area (Å²) >= 11 is 1.89. The molecule has 1 fully saturated rings. The highest BCUT2D eigenvalue weighted by atomic mass is 32.2. The molecule has 2 unspecified atom stereocenters. The Kier molecular flexibility index (Phi) is 4.10. The van der Waals surface area contributed by atoms with Crippen LogP contribution in [0.5, 0.6) is 0 Å². The molecular formula is C16H20N2O2S. The highest BCUT2D eigenvalue weighted by Gasteiger charge is 2.24. The molecule has 0 radical (unpaired) electrons. The van der Waals surface area contributed by atoms with Gasteiger partial charge in [0, 0.05) is 22.4 Å². The number of benzene rings is 1. The van der Waals surface area contributed by atoms with Gasteiger partial charge in [-0.15, -0.1) is 0 Å². The lowest BCUT2D eigenvalue weighted by Crippen LogP contribution is -2.38. The smallest absolute Gasteiger partial charge is 0.287 e. The van der Waals surface area contributed by atoms with Gasteiger partial charge in [-0.2, -0.15) is 11.8 Å². The zero-order chi connectivity index (χ0) is 14.8. The molecule has 112 valence electrons. The molecule has 3 rings (SSSR count). The van der Waals surface area contributed by atoms with Crippen LogP contribution >= 0.6 is 11.8 Å². The van der Waals surface area contributed by atoms with Crippen LogP contribution in [0.4, 0.5) is 5.69 Å². The Morgan fingerprint density at radius 2 is 2.24 bits per heavy atom. The topological polar surface area (TPSA) is 68.3 Å². The van der Waals surface area contributed by atoms with Gasteiger partial charge in [-0.3, -0.25) is 4.79 Å². The van der Waals surface area contributed by atoms with Crippen LogP contribution in [0.1, 0.15) is 36.2 Å². The van der Waals surface area contributed by atoms with Crippen molar-refractivity contribution in [2.24, 2.45) is 0 Å². The van der Waals surface area contributed by atoms with Crippen molar-refractivity contribution in [3.8, 4) is 0 Å². The van der Waals surface area contributed by atoms with Gasteiger partial charge >= 0.3 is 0 Å². The van der Waals surface area contributed by atoms with Gasteiger partial charge in [-0.25, -0.2) is 0 Å². The molecule has 4 nitrogen and oxygen atoms in total. The highest BCUT2D eigenvalue weighted by molar-refractivity contribution is 7.99. The maximum absolute atomic E-state index is 12.3. The van der Waals surface area contributed by atoms with E-state index in [2.05, 4.69) is 11.6 Å². The Morgan fingerprint density at radius 3 is 3.05 bits per heavy atom. The van der Waals surface area contributed by atoms with Gasteiger partial charge in [-0.05, 0) is 49.8 Å². The fraction of sp³-hybridized carbons (Fsp3) is 0.438. The van der Waals surface area contributed by atoms with E-state index in [-0.39, 0.29) is 11.9 Å². The highest BCUT2D eigenvalue weighted by Crippen LogP contribution is 2.27. The predicted octanol–water partition coefficient (Wildman–Crippen LogP) is 3.42. The van der Waals surface area contributed by atoms with E-state index in [4.69, 9.17) is 10.2 Å². The summed E-state index contributed by atoms with van der Waals surface area (Å²) < 4.78 is 5.61. The molecule has 0 spiro atoms. The Hall–Kier alpha value is -1.62. The van der Waals surface area contributed by atoms with Crippen LogP contribution in [0.25, 0.3) is 11.0 Å². The van der Waals surface area contributed by atoms with E-state index in [0.717, 1.165) is 18.2 Å². The van der Waals surface area contributed by atoms with Crippen molar-refractivity contribution in [2.45, 2.75) is 37.0 Å². The van der Waals surface area contributed by atoms with Gasteiger partial charge < -0.3 is 15.5 Å². The second kappa shape index (κ2) is 6.02. The number of rotatable bonds is 3. The minimum atomic E-state index is -0.128. The summed E-state index contributed by atoms with van der Waals surface area (Å²) in [6.45, 7) is 0. The van der Waals surface area contributed by atoms with E-state index < -0.39 is 0 Å². The van der Waals surface area contributed by atoms with Gasteiger partial charge in [0.2, 0.25) is 0 Å². The third-order valence-corrected chi connectivity index (χ3v) is 5.15. The van der Waals surface area contributed by atoms with Crippen molar-refractivity contribution in [1.82, 2.24) is 5.32 Å². The van der Waals surface area contributed by atoms with Gasteiger partial charge in [-0.1, -0.05) is 6.42 Å². The lowest BCUT2D eigenvalue weighted by molar-refractivity contribution is 0.0902. The molecule has 5 heteroatoms. The molecule has 1 aliphatic rings. The van der Waals surface area contributed by atoms with Crippen LogP contribution in [-0.2, 0) is 0 Å². The molecule has 1 aliphatic carbocycles. The Labute approximate surface area is 128 Å². The number of carbonyl (C=O) groups excluding carboxylic acids is 1. The molecule has 2 aromatic rings. The molecule has 1 aromatic carbocycles. The number of nitrogens with two attached hydrogens (primary N) is 1. The molecule has 1 aromatic heterocycles. The summed E-state index contributed by atoms with van der Waals surface area (Å²) in [5.74, 6) is 0.235. The van der Waals surface area contributed by atoms with Gasteiger partial charge in [0.15, 0.2) is 5.76 Å². The molecule has 1 saturated carbocycles. The summed E-state index contributed by atoms with van der Waals surface area (Å²) in [4.78, 5) is 12.3. The molecule has 2 atom stereocenters. The number of hydrogen-bond donors (Lipinski definition) is 2. The number of furan rings is 1. The number of nitrogens with one attached hydrogen (secondary N) is 1. The van der Waals surface area contributed by atoms with E-state index >= 15 is 0 Å². The Morgan fingerprint density at radius 1 is 1.38 bits per heavy atom. The van der Waals surface area contributed by atoms with Crippen molar-refractivity contribution in [1.29, 1.82) is 0 Å². The zero-order valence-electron chi connectivity index (χ0n) is 12.1. The quantitative estimate of drug-likeness (QED) is 0.853. The summed E-state index contributed by atoms with van der Waals surface area (Å²) in [7, 11) is 0. The van der Waals surface area contributed by atoms with Crippen molar-refractivity contribution in [3.05, 3.63) is 30.0 Å². The fourth-order valence-corrected chi connectivity index (χ4v) is 3.75. The Bertz CT molecular complexity index is 653. The predicted molar refractivity (Wildman–Crippen MR) is 87.7 cm³/mol. The number of hydrogen-bond acceptors (Lipinski definition) is 4. The summed E-state index contributed by atoms with van der Waals surface area (Å²) in [6, 6.07) is 7.40. The summed E-state index contributed by atoms with van der Waals surface area (Å²) in [5, 5.41) is 4.62. The van der Waals surface area contributed by atoms with Crippen LogP contribution in [0.3, 0.4) is 0 Å². The average molecular weight is 304 g/mol. The fourth-order valence-electron chi connectivity index (χ4n) is 2.92. The summed E-state index contributed by atoms with van der Waals surface area (Å²) in [5.41, 5.74) is 7.11. The molecule has 0 saturated heterocycles. The van der Waals surface area contributed by atoms with E-state index in [1.807, 2.05) is 17.8 Å². The van der Waals surface area contributed by atoms with E-state index in [1.165, 1.54) is 12.8 Å². The van der Waals surface area contributed by atoms with Gasteiger partial charge in [0.25, 0.3) is 5.91 Å². The van der Waals surface area contributed by atoms with Crippen molar-refractivity contribution >= 4 is 34.3 Å². The maximum Gasteiger partial charge on any atom is 0.287 e. The maximum atomic E-state index is 12.3. The molecule has 3 N–H and O–H groups in total. The lowest BCUT2D eigenvalue weighted by atomic mass is 9.95. The Balaban J connectivity index is 1.71. The van der Waals surface area contributed by atoms with Crippen LogP contribution in [0.15, 0.2) is 28.7 Å². The third-order valence-electron chi connectivity index (χ3n) is 4.06. The van der Waals surface area contributed by atoms with Crippen LogP contribution in [0.2, 0.25) is 0 Å². The second-order valence-corrected chi connectivity index (χ2v) is 6.74. The molecule has 1 amide bonds. The first-order valence-electron chi connectivity index (χ1n) is 7.28. The van der Waals surface area contributed by atoms with Crippen LogP contribution in [0, 0.1) is 0 Å². The standard InChI is InChI=1S/C16H20N2O2S/c1-21-13-4-2-3-12(9-13)18-16(19)15-8-10-7-11(17)5-6-14(10)20-15/h5-8,12-13H,2-4,9,17H2,1H3,(H,18,19). The normalized spacial score (nSPS) is 22.3. The SMILES string of the molecule is CSC1CCCC(NC(=O)c2cc3cc(N)ccc3o2)C1. The molecular weight excluding hydrogens is 284 g/mol. The molecule has 0 aliphatic heterocycles. The molecule has 1 heterocycles. The molecule has 21 heavy (non-hydrogen) atoms. The number of anilines is 1. The monoisotopic (exact) mass is 304 g/mol. The van der Waals surface area contributed by atoms with E-state index in [1.54, 1.807) is 18.2 Å².